The van der Waals surface area contributed by atoms with Crippen LogP contribution < -0.4 is 0 Å². The van der Waals surface area contributed by atoms with Gasteiger partial charge in [-0.25, -0.2) is 0 Å². The standard InChI is InChI=1S/C8H14O2/c1-3-7-4-8(5-9-8)6(2)10-7/h6-7H,3-5H2,1-2H3/t6-,7+,8?/m0/s1. The molecule has 2 fully saturated rings. The summed E-state index contributed by atoms with van der Waals surface area (Å²) in [6, 6.07) is 0. The molecule has 2 heterocycles. The second-order valence-corrected chi connectivity index (χ2v) is 3.37. The molecule has 0 aromatic heterocycles. The van der Waals surface area contributed by atoms with E-state index < -0.39 is 0 Å². The van der Waals surface area contributed by atoms with Crippen molar-refractivity contribution in [2.24, 2.45) is 0 Å². The Kier molecular flexibility index (Phi) is 1.29. The van der Waals surface area contributed by atoms with Crippen LogP contribution in [0, 0.1) is 0 Å². The number of hydrogen-bond donors (Lipinski definition) is 0. The molecule has 0 aromatic carbocycles. The maximum atomic E-state index is 5.66. The zero-order valence-corrected chi connectivity index (χ0v) is 6.59. The van der Waals surface area contributed by atoms with Crippen LogP contribution in [0.3, 0.4) is 0 Å². The summed E-state index contributed by atoms with van der Waals surface area (Å²) in [4.78, 5) is 0. The second kappa shape index (κ2) is 1.95. The molecule has 2 aliphatic rings. The lowest BCUT2D eigenvalue weighted by Crippen LogP contribution is -2.20. The maximum absolute atomic E-state index is 5.66. The summed E-state index contributed by atoms with van der Waals surface area (Å²) in [6.07, 6.45) is 3.02. The molecule has 0 N–H and O–H groups in total. The Morgan fingerprint density at radius 3 is 2.60 bits per heavy atom. The normalized spacial score (nSPS) is 52.2. The van der Waals surface area contributed by atoms with E-state index in [1.54, 1.807) is 0 Å². The summed E-state index contributed by atoms with van der Waals surface area (Å²) in [7, 11) is 0. The van der Waals surface area contributed by atoms with Gasteiger partial charge in [0.15, 0.2) is 0 Å². The minimum Gasteiger partial charge on any atom is -0.372 e. The second-order valence-electron chi connectivity index (χ2n) is 3.37. The molecule has 2 saturated heterocycles. The number of ether oxygens (including phenoxy) is 2. The Morgan fingerprint density at radius 2 is 2.30 bits per heavy atom. The summed E-state index contributed by atoms with van der Waals surface area (Å²) in [5.41, 5.74) is 0.153. The van der Waals surface area contributed by atoms with Crippen molar-refractivity contribution in [3.05, 3.63) is 0 Å². The Balaban J connectivity index is 2.01. The first-order valence-corrected chi connectivity index (χ1v) is 4.06. The third-order valence-electron chi connectivity index (χ3n) is 2.68. The van der Waals surface area contributed by atoms with Gasteiger partial charge in [0.2, 0.25) is 0 Å². The average Bonchev–Trinajstić information content (AvgIpc) is 2.60. The zero-order chi connectivity index (χ0) is 7.19. The van der Waals surface area contributed by atoms with Crippen LogP contribution in [0.25, 0.3) is 0 Å². The third-order valence-corrected chi connectivity index (χ3v) is 2.68. The van der Waals surface area contributed by atoms with Gasteiger partial charge in [0.25, 0.3) is 0 Å². The molecule has 2 aliphatic heterocycles. The first-order chi connectivity index (χ1) is 4.77. The summed E-state index contributed by atoms with van der Waals surface area (Å²) >= 11 is 0. The van der Waals surface area contributed by atoms with Gasteiger partial charge in [-0.3, -0.25) is 0 Å². The van der Waals surface area contributed by atoms with Gasteiger partial charge in [-0.15, -0.1) is 0 Å². The highest BCUT2D eigenvalue weighted by molar-refractivity contribution is 5.03. The van der Waals surface area contributed by atoms with E-state index in [0.717, 1.165) is 19.4 Å². The van der Waals surface area contributed by atoms with Crippen LogP contribution in [0.2, 0.25) is 0 Å². The molecule has 1 unspecified atom stereocenters. The van der Waals surface area contributed by atoms with E-state index in [0.29, 0.717) is 12.2 Å². The number of epoxide rings is 1. The molecule has 0 radical (unpaired) electrons. The largest absolute Gasteiger partial charge is 0.372 e. The molecule has 0 saturated carbocycles. The van der Waals surface area contributed by atoms with Crippen LogP contribution in [0.15, 0.2) is 0 Å². The molecule has 3 atom stereocenters. The SMILES string of the molecule is CC[C@@H]1CC2(CO2)[C@H](C)O1. The van der Waals surface area contributed by atoms with Crippen molar-refractivity contribution in [2.75, 3.05) is 6.61 Å². The fourth-order valence-electron chi connectivity index (χ4n) is 1.70. The Morgan fingerprint density at radius 1 is 1.60 bits per heavy atom. The Labute approximate surface area is 61.5 Å². The Bertz CT molecular complexity index is 140. The van der Waals surface area contributed by atoms with Gasteiger partial charge in [-0.1, -0.05) is 6.92 Å². The van der Waals surface area contributed by atoms with Crippen molar-refractivity contribution in [3.63, 3.8) is 0 Å². The molecule has 0 amide bonds. The van der Waals surface area contributed by atoms with E-state index >= 15 is 0 Å². The zero-order valence-electron chi connectivity index (χ0n) is 6.59. The minimum atomic E-state index is 0.153. The highest BCUT2D eigenvalue weighted by atomic mass is 16.6. The molecule has 0 aliphatic carbocycles. The van der Waals surface area contributed by atoms with Gasteiger partial charge in [-0.05, 0) is 13.3 Å². The van der Waals surface area contributed by atoms with Gasteiger partial charge in [0.1, 0.15) is 5.60 Å². The van der Waals surface area contributed by atoms with Gasteiger partial charge >= 0.3 is 0 Å². The van der Waals surface area contributed by atoms with Crippen molar-refractivity contribution in [2.45, 2.75) is 44.5 Å². The van der Waals surface area contributed by atoms with E-state index in [4.69, 9.17) is 9.47 Å². The van der Waals surface area contributed by atoms with Crippen LogP contribution >= 0.6 is 0 Å². The average molecular weight is 142 g/mol. The summed E-state index contributed by atoms with van der Waals surface area (Å²) < 4.78 is 11.0. The maximum Gasteiger partial charge on any atom is 0.120 e. The molecule has 2 rings (SSSR count). The predicted octanol–water partition coefficient (Wildman–Crippen LogP) is 1.34. The van der Waals surface area contributed by atoms with Crippen LogP contribution in [0.5, 0.6) is 0 Å². The van der Waals surface area contributed by atoms with Crippen LogP contribution in [0.1, 0.15) is 26.7 Å². The first-order valence-electron chi connectivity index (χ1n) is 4.06. The van der Waals surface area contributed by atoms with E-state index in [-0.39, 0.29) is 5.60 Å². The quantitative estimate of drug-likeness (QED) is 0.515. The van der Waals surface area contributed by atoms with Gasteiger partial charge in [0.05, 0.1) is 18.8 Å². The highest BCUT2D eigenvalue weighted by Crippen LogP contribution is 2.44. The lowest BCUT2D eigenvalue weighted by Gasteiger charge is -2.06. The highest BCUT2D eigenvalue weighted by Gasteiger charge is 2.56. The molecular formula is C8H14O2. The van der Waals surface area contributed by atoms with Crippen molar-refractivity contribution >= 4 is 0 Å². The van der Waals surface area contributed by atoms with E-state index in [9.17, 15) is 0 Å². The molecule has 10 heavy (non-hydrogen) atoms. The molecule has 58 valence electrons. The van der Waals surface area contributed by atoms with Crippen molar-refractivity contribution in [1.29, 1.82) is 0 Å². The number of rotatable bonds is 1. The molecule has 1 spiro atoms. The van der Waals surface area contributed by atoms with E-state index in [2.05, 4.69) is 13.8 Å². The fraction of sp³-hybridized carbons (Fsp3) is 1.00. The summed E-state index contributed by atoms with van der Waals surface area (Å²) in [6.45, 7) is 5.20. The summed E-state index contributed by atoms with van der Waals surface area (Å²) in [5, 5.41) is 0. The van der Waals surface area contributed by atoms with Crippen LogP contribution in [0.4, 0.5) is 0 Å². The predicted molar refractivity (Wildman–Crippen MR) is 37.9 cm³/mol. The van der Waals surface area contributed by atoms with Crippen LogP contribution in [-0.2, 0) is 9.47 Å². The molecule has 2 nitrogen and oxygen atoms in total. The lowest BCUT2D eigenvalue weighted by atomic mass is 10.0. The van der Waals surface area contributed by atoms with Crippen molar-refractivity contribution in [3.8, 4) is 0 Å². The lowest BCUT2D eigenvalue weighted by molar-refractivity contribution is 0.0381. The molecule has 0 aromatic rings. The van der Waals surface area contributed by atoms with E-state index in [1.807, 2.05) is 0 Å². The van der Waals surface area contributed by atoms with Gasteiger partial charge in [-0.2, -0.15) is 0 Å². The Hall–Kier alpha value is -0.0800. The molecular weight excluding hydrogens is 128 g/mol. The van der Waals surface area contributed by atoms with Crippen LogP contribution in [-0.4, -0.2) is 24.4 Å². The number of hydrogen-bond acceptors (Lipinski definition) is 2. The van der Waals surface area contributed by atoms with Crippen molar-refractivity contribution < 1.29 is 9.47 Å². The summed E-state index contributed by atoms with van der Waals surface area (Å²) in [5.74, 6) is 0. The van der Waals surface area contributed by atoms with E-state index in [1.165, 1.54) is 0 Å². The monoisotopic (exact) mass is 142 g/mol. The minimum absolute atomic E-state index is 0.153. The smallest absolute Gasteiger partial charge is 0.120 e. The van der Waals surface area contributed by atoms with Gasteiger partial charge < -0.3 is 9.47 Å². The molecule has 0 bridgehead atoms. The van der Waals surface area contributed by atoms with Crippen molar-refractivity contribution in [1.82, 2.24) is 0 Å². The molecule has 2 heteroatoms. The fourth-order valence-corrected chi connectivity index (χ4v) is 1.70. The third kappa shape index (κ3) is 0.789. The van der Waals surface area contributed by atoms with Gasteiger partial charge in [0, 0.05) is 6.42 Å². The topological polar surface area (TPSA) is 21.8 Å². The first kappa shape index (κ1) is 6.62.